The molecule has 2 aromatic carbocycles. The summed E-state index contributed by atoms with van der Waals surface area (Å²) in [7, 11) is 0. The largest absolute Gasteiger partial charge is 0.508 e. The van der Waals surface area contributed by atoms with E-state index in [-0.39, 0.29) is 11.3 Å². The number of hydrogen-bond donors (Lipinski definition) is 3. The predicted molar refractivity (Wildman–Crippen MR) is 98.2 cm³/mol. The van der Waals surface area contributed by atoms with Crippen molar-refractivity contribution in [3.63, 3.8) is 0 Å². The molecule has 1 amide bonds. The Kier molecular flexibility index (Phi) is 4.57. The number of carbonyl (C=O) groups is 1. The number of aryl methyl sites for hydroxylation is 2. The number of carbonyl (C=O) groups excluding carboxylic acids is 1. The molecule has 1 heterocycles. The number of nitrogens with one attached hydrogen (secondary N) is 2. The van der Waals surface area contributed by atoms with E-state index in [4.69, 9.17) is 0 Å². The SMILES string of the molecule is Cc1cc(C)c2[nH]c(=O)c(C(=O)NCCc3ccccc3O)cc2c1. The van der Waals surface area contributed by atoms with Gasteiger partial charge < -0.3 is 15.4 Å². The minimum absolute atomic E-state index is 0.0924. The quantitative estimate of drug-likeness (QED) is 0.685. The fourth-order valence-corrected chi connectivity index (χ4v) is 2.98. The standard InChI is InChI=1S/C20H20N2O3/c1-12-9-13(2)18-15(10-12)11-16(20(25)22-18)19(24)21-8-7-14-5-3-4-6-17(14)23/h3-6,9-11,23H,7-8H2,1-2H3,(H,21,24)(H,22,25). The number of rotatable bonds is 4. The van der Waals surface area contributed by atoms with Crippen molar-refractivity contribution in [2.24, 2.45) is 0 Å². The van der Waals surface area contributed by atoms with Crippen molar-refractivity contribution in [2.45, 2.75) is 20.3 Å². The summed E-state index contributed by atoms with van der Waals surface area (Å²) < 4.78 is 0. The normalized spacial score (nSPS) is 10.8. The monoisotopic (exact) mass is 336 g/mol. The van der Waals surface area contributed by atoms with E-state index in [1.54, 1.807) is 24.3 Å². The molecule has 0 spiro atoms. The maximum Gasteiger partial charge on any atom is 0.261 e. The molecule has 0 saturated heterocycles. The molecule has 1 aromatic heterocycles. The first kappa shape index (κ1) is 16.8. The van der Waals surface area contributed by atoms with Crippen LogP contribution in [0.3, 0.4) is 0 Å². The minimum Gasteiger partial charge on any atom is -0.508 e. The Hall–Kier alpha value is -3.08. The van der Waals surface area contributed by atoms with Gasteiger partial charge in [-0.05, 0) is 55.0 Å². The highest BCUT2D eigenvalue weighted by Crippen LogP contribution is 2.18. The van der Waals surface area contributed by atoms with E-state index in [2.05, 4.69) is 10.3 Å². The molecule has 0 saturated carbocycles. The Balaban J connectivity index is 1.79. The van der Waals surface area contributed by atoms with Gasteiger partial charge in [-0.1, -0.05) is 29.8 Å². The molecule has 25 heavy (non-hydrogen) atoms. The highest BCUT2D eigenvalue weighted by Gasteiger charge is 2.13. The summed E-state index contributed by atoms with van der Waals surface area (Å²) in [5.74, 6) is -0.219. The Morgan fingerprint density at radius 1 is 1.16 bits per heavy atom. The fraction of sp³-hybridized carbons (Fsp3) is 0.200. The van der Waals surface area contributed by atoms with E-state index in [1.165, 1.54) is 0 Å². The van der Waals surface area contributed by atoms with Crippen molar-refractivity contribution < 1.29 is 9.90 Å². The van der Waals surface area contributed by atoms with Crippen LogP contribution in [0.25, 0.3) is 10.9 Å². The summed E-state index contributed by atoms with van der Waals surface area (Å²) in [6.07, 6.45) is 0.488. The van der Waals surface area contributed by atoms with E-state index < -0.39 is 11.5 Å². The summed E-state index contributed by atoms with van der Waals surface area (Å²) in [6, 6.07) is 12.5. The lowest BCUT2D eigenvalue weighted by molar-refractivity contribution is 0.0952. The lowest BCUT2D eigenvalue weighted by Crippen LogP contribution is -2.31. The number of phenolic OH excluding ortho intramolecular Hbond substituents is 1. The van der Waals surface area contributed by atoms with Crippen molar-refractivity contribution in [3.8, 4) is 5.75 Å². The number of amides is 1. The van der Waals surface area contributed by atoms with Crippen LogP contribution in [0.15, 0.2) is 47.3 Å². The van der Waals surface area contributed by atoms with Gasteiger partial charge >= 0.3 is 0 Å². The van der Waals surface area contributed by atoms with Crippen LogP contribution in [0.2, 0.25) is 0 Å². The molecular weight excluding hydrogens is 316 g/mol. The Morgan fingerprint density at radius 3 is 2.68 bits per heavy atom. The number of aromatic nitrogens is 1. The third-order valence-corrected chi connectivity index (χ3v) is 4.21. The Labute approximate surface area is 145 Å². The molecule has 0 atom stereocenters. The molecule has 5 nitrogen and oxygen atoms in total. The molecule has 3 N–H and O–H groups in total. The number of benzene rings is 2. The summed E-state index contributed by atoms with van der Waals surface area (Å²) in [5.41, 5.74) is 3.23. The number of pyridine rings is 1. The van der Waals surface area contributed by atoms with Crippen LogP contribution in [-0.4, -0.2) is 22.5 Å². The van der Waals surface area contributed by atoms with E-state index in [1.807, 2.05) is 32.0 Å². The lowest BCUT2D eigenvalue weighted by Gasteiger charge is -2.09. The first-order chi connectivity index (χ1) is 12.0. The Bertz CT molecular complexity index is 1010. The molecule has 0 radical (unpaired) electrons. The molecule has 0 unspecified atom stereocenters. The molecule has 0 aliphatic rings. The maximum atomic E-state index is 12.4. The molecule has 3 aromatic rings. The zero-order valence-corrected chi connectivity index (χ0v) is 14.2. The number of aromatic amines is 1. The van der Waals surface area contributed by atoms with Crippen LogP contribution in [0.5, 0.6) is 5.75 Å². The van der Waals surface area contributed by atoms with Gasteiger partial charge in [0.15, 0.2) is 0 Å². The highest BCUT2D eigenvalue weighted by atomic mass is 16.3. The number of phenols is 1. The van der Waals surface area contributed by atoms with Gasteiger partial charge in [0.05, 0.1) is 5.52 Å². The van der Waals surface area contributed by atoms with Gasteiger partial charge in [0.2, 0.25) is 0 Å². The van der Waals surface area contributed by atoms with Gasteiger partial charge in [0, 0.05) is 6.54 Å². The van der Waals surface area contributed by atoms with E-state index >= 15 is 0 Å². The molecule has 0 aliphatic carbocycles. The average Bonchev–Trinajstić information content (AvgIpc) is 2.56. The third-order valence-electron chi connectivity index (χ3n) is 4.21. The van der Waals surface area contributed by atoms with Crippen molar-refractivity contribution in [1.82, 2.24) is 10.3 Å². The number of para-hydroxylation sites is 1. The van der Waals surface area contributed by atoms with E-state index in [0.717, 1.165) is 27.6 Å². The zero-order chi connectivity index (χ0) is 18.0. The zero-order valence-electron chi connectivity index (χ0n) is 14.2. The third kappa shape index (κ3) is 3.55. The first-order valence-electron chi connectivity index (χ1n) is 8.15. The van der Waals surface area contributed by atoms with Gasteiger partial charge in [0.1, 0.15) is 11.3 Å². The summed E-state index contributed by atoms with van der Waals surface area (Å²) >= 11 is 0. The average molecular weight is 336 g/mol. The summed E-state index contributed by atoms with van der Waals surface area (Å²) in [6.45, 7) is 4.24. The lowest BCUT2D eigenvalue weighted by atomic mass is 10.0. The molecular formula is C20H20N2O3. The second kappa shape index (κ2) is 6.81. The fourth-order valence-electron chi connectivity index (χ4n) is 2.98. The molecule has 0 bridgehead atoms. The van der Waals surface area contributed by atoms with Gasteiger partial charge in [-0.25, -0.2) is 0 Å². The molecule has 0 aliphatic heterocycles. The van der Waals surface area contributed by atoms with E-state index in [0.29, 0.717) is 13.0 Å². The van der Waals surface area contributed by atoms with Crippen LogP contribution in [0.1, 0.15) is 27.0 Å². The van der Waals surface area contributed by atoms with Crippen LogP contribution < -0.4 is 10.9 Å². The van der Waals surface area contributed by atoms with E-state index in [9.17, 15) is 14.7 Å². The van der Waals surface area contributed by atoms with Crippen LogP contribution in [-0.2, 0) is 6.42 Å². The number of hydrogen-bond acceptors (Lipinski definition) is 3. The van der Waals surface area contributed by atoms with Crippen molar-refractivity contribution in [2.75, 3.05) is 6.54 Å². The van der Waals surface area contributed by atoms with Crippen molar-refractivity contribution >= 4 is 16.8 Å². The summed E-state index contributed by atoms with van der Waals surface area (Å²) in [4.78, 5) is 27.4. The van der Waals surface area contributed by atoms with Gasteiger partial charge in [-0.15, -0.1) is 0 Å². The summed E-state index contributed by atoms with van der Waals surface area (Å²) in [5, 5.41) is 13.3. The van der Waals surface area contributed by atoms with Crippen LogP contribution in [0, 0.1) is 13.8 Å². The van der Waals surface area contributed by atoms with Gasteiger partial charge in [-0.3, -0.25) is 9.59 Å². The molecule has 3 rings (SSSR count). The first-order valence-corrected chi connectivity index (χ1v) is 8.15. The molecule has 5 heteroatoms. The maximum absolute atomic E-state index is 12.4. The second-order valence-corrected chi connectivity index (χ2v) is 6.19. The van der Waals surface area contributed by atoms with Crippen LogP contribution in [0.4, 0.5) is 0 Å². The highest BCUT2D eigenvalue weighted by molar-refractivity contribution is 5.97. The topological polar surface area (TPSA) is 82.2 Å². The Morgan fingerprint density at radius 2 is 1.92 bits per heavy atom. The second-order valence-electron chi connectivity index (χ2n) is 6.19. The van der Waals surface area contributed by atoms with Gasteiger partial charge in [-0.2, -0.15) is 0 Å². The predicted octanol–water partition coefficient (Wildman–Crippen LogP) is 2.82. The molecule has 0 fully saturated rings. The molecule has 128 valence electrons. The van der Waals surface area contributed by atoms with Crippen molar-refractivity contribution in [3.05, 3.63) is 75.1 Å². The number of H-pyrrole nitrogens is 1. The van der Waals surface area contributed by atoms with Gasteiger partial charge in [0.25, 0.3) is 11.5 Å². The van der Waals surface area contributed by atoms with Crippen LogP contribution >= 0.6 is 0 Å². The number of fused-ring (bicyclic) bond motifs is 1. The minimum atomic E-state index is -0.419. The van der Waals surface area contributed by atoms with Crippen molar-refractivity contribution in [1.29, 1.82) is 0 Å². The number of aromatic hydroxyl groups is 1. The smallest absolute Gasteiger partial charge is 0.261 e.